The van der Waals surface area contributed by atoms with Crippen molar-refractivity contribution in [3.63, 3.8) is 0 Å². The van der Waals surface area contributed by atoms with Gasteiger partial charge in [-0.15, -0.1) is 0 Å². The number of aliphatic hydroxyl groups is 1. The molecule has 2 aromatic carbocycles. The van der Waals surface area contributed by atoms with Crippen LogP contribution in [0.2, 0.25) is 0 Å². The minimum atomic E-state index is -1.84. The van der Waals surface area contributed by atoms with E-state index in [2.05, 4.69) is 5.32 Å². The third-order valence-corrected chi connectivity index (χ3v) is 3.92. The molecule has 10 heteroatoms. The topological polar surface area (TPSA) is 162 Å². The Morgan fingerprint density at radius 3 is 2.59 bits per heavy atom. The van der Waals surface area contributed by atoms with E-state index >= 15 is 0 Å². The summed E-state index contributed by atoms with van der Waals surface area (Å²) >= 11 is 0. The minimum Gasteiger partial charge on any atom is -0.548 e. The number of carboxylic acid groups (broad SMARTS) is 1. The lowest BCUT2D eigenvalue weighted by Crippen LogP contribution is -2.50. The molecule has 0 saturated heterocycles. The number of phenols is 1. The number of rotatable bonds is 8. The summed E-state index contributed by atoms with van der Waals surface area (Å²) in [6.45, 7) is 0. The van der Waals surface area contributed by atoms with Crippen LogP contribution in [0.5, 0.6) is 11.5 Å². The van der Waals surface area contributed by atoms with Gasteiger partial charge < -0.3 is 30.2 Å². The van der Waals surface area contributed by atoms with Gasteiger partial charge in [-0.05, 0) is 29.3 Å². The van der Waals surface area contributed by atoms with E-state index in [1.165, 1.54) is 49.6 Å². The molecule has 2 atom stereocenters. The number of nitro groups is 1. The Balaban J connectivity index is 2.15. The molecule has 0 spiro atoms. The van der Waals surface area contributed by atoms with Crippen molar-refractivity contribution in [3.05, 3.63) is 69.8 Å². The molecule has 0 unspecified atom stereocenters. The highest BCUT2D eigenvalue weighted by Gasteiger charge is 2.24. The van der Waals surface area contributed by atoms with Crippen molar-refractivity contribution in [1.29, 1.82) is 0 Å². The fraction of sp³-hybridized carbons (Fsp3) is 0.158. The van der Waals surface area contributed by atoms with Gasteiger partial charge in [-0.1, -0.05) is 18.2 Å². The lowest BCUT2D eigenvalue weighted by molar-refractivity contribution is -0.385. The van der Waals surface area contributed by atoms with Crippen LogP contribution in [-0.2, 0) is 9.59 Å². The van der Waals surface area contributed by atoms with Gasteiger partial charge in [0.15, 0.2) is 11.5 Å². The first-order valence-electron chi connectivity index (χ1n) is 8.21. The van der Waals surface area contributed by atoms with Gasteiger partial charge in [0.2, 0.25) is 5.91 Å². The summed E-state index contributed by atoms with van der Waals surface area (Å²) in [7, 11) is 1.36. The number of hydrogen-bond donors (Lipinski definition) is 3. The Hall–Kier alpha value is -3.92. The van der Waals surface area contributed by atoms with Crippen LogP contribution in [0, 0.1) is 10.1 Å². The molecule has 0 saturated carbocycles. The molecule has 2 aromatic rings. The number of carbonyl (C=O) groups is 2. The van der Waals surface area contributed by atoms with E-state index in [1.54, 1.807) is 0 Å². The van der Waals surface area contributed by atoms with Crippen molar-refractivity contribution in [2.75, 3.05) is 7.11 Å². The molecule has 152 valence electrons. The second-order valence-corrected chi connectivity index (χ2v) is 5.87. The van der Waals surface area contributed by atoms with Crippen molar-refractivity contribution in [3.8, 4) is 11.5 Å². The number of carbonyl (C=O) groups excluding carboxylic acids is 2. The van der Waals surface area contributed by atoms with E-state index < -0.39 is 28.9 Å². The first-order chi connectivity index (χ1) is 13.7. The molecule has 0 heterocycles. The Morgan fingerprint density at radius 2 is 1.97 bits per heavy atom. The summed E-state index contributed by atoms with van der Waals surface area (Å²) in [4.78, 5) is 33.6. The van der Waals surface area contributed by atoms with Gasteiger partial charge in [-0.3, -0.25) is 14.9 Å². The molecule has 0 aromatic heterocycles. The number of phenolic OH excluding ortho intramolecular Hbond substituents is 1. The van der Waals surface area contributed by atoms with Gasteiger partial charge in [-0.2, -0.15) is 0 Å². The molecule has 0 aliphatic heterocycles. The summed E-state index contributed by atoms with van der Waals surface area (Å²) in [5.41, 5.74) is 0.0751. The summed E-state index contributed by atoms with van der Waals surface area (Å²) < 4.78 is 4.94. The fourth-order valence-electron chi connectivity index (χ4n) is 2.45. The van der Waals surface area contributed by atoms with E-state index in [1.807, 2.05) is 0 Å². The number of aliphatic carboxylic acids is 1. The number of carboxylic acids is 1. The van der Waals surface area contributed by atoms with Crippen LogP contribution in [-0.4, -0.2) is 40.2 Å². The maximum absolute atomic E-state index is 12.1. The lowest BCUT2D eigenvalue weighted by Gasteiger charge is -2.24. The van der Waals surface area contributed by atoms with Gasteiger partial charge in [-0.25, -0.2) is 0 Å². The zero-order valence-electron chi connectivity index (χ0n) is 15.1. The number of hydrogen-bond acceptors (Lipinski definition) is 8. The molecule has 29 heavy (non-hydrogen) atoms. The lowest BCUT2D eigenvalue weighted by atomic mass is 10.0. The van der Waals surface area contributed by atoms with Gasteiger partial charge in [0.25, 0.3) is 5.69 Å². The largest absolute Gasteiger partial charge is 0.548 e. The molecule has 0 bridgehead atoms. The van der Waals surface area contributed by atoms with Crippen molar-refractivity contribution in [1.82, 2.24) is 5.32 Å². The van der Waals surface area contributed by atoms with Crippen molar-refractivity contribution >= 4 is 23.6 Å². The molecule has 0 fully saturated rings. The van der Waals surface area contributed by atoms with E-state index in [0.29, 0.717) is 5.56 Å². The van der Waals surface area contributed by atoms with Crippen molar-refractivity contribution < 1.29 is 34.6 Å². The Kier molecular flexibility index (Phi) is 6.88. The smallest absolute Gasteiger partial charge is 0.269 e. The van der Waals surface area contributed by atoms with Crippen LogP contribution in [0.15, 0.2) is 48.5 Å². The minimum absolute atomic E-state index is 0.0686. The zero-order chi connectivity index (χ0) is 21.6. The summed E-state index contributed by atoms with van der Waals surface area (Å²) in [5, 5.41) is 44.1. The third kappa shape index (κ3) is 5.53. The standard InChI is InChI=1S/C19H18N2O8/c1-29-15-9-11(5-7-14(15)22)6-8-16(23)20-17(19(25)26)18(24)12-3-2-4-13(10-12)21(27)28/h2-10,17-18,22,24H,1H3,(H,20,23)(H,25,26)/p-1/b8-6+/t17-,18-/m0/s1. The SMILES string of the molecule is COc1cc(/C=C/C(=O)N[C@H](C(=O)[O-])[C@@H](O)c2cccc([N+](=O)[O-])c2)ccc1O. The number of benzene rings is 2. The van der Waals surface area contributed by atoms with E-state index in [-0.39, 0.29) is 22.7 Å². The predicted octanol–water partition coefficient (Wildman–Crippen LogP) is 0.291. The number of methoxy groups -OCH3 is 1. The highest BCUT2D eigenvalue weighted by molar-refractivity contribution is 5.94. The second-order valence-electron chi connectivity index (χ2n) is 5.87. The maximum Gasteiger partial charge on any atom is 0.269 e. The number of non-ortho nitro benzene ring substituents is 1. The number of nitrogens with zero attached hydrogens (tertiary/aromatic N) is 1. The van der Waals surface area contributed by atoms with E-state index in [9.17, 15) is 35.0 Å². The molecule has 2 rings (SSSR count). The summed E-state index contributed by atoms with van der Waals surface area (Å²) in [5.74, 6) is -2.53. The van der Waals surface area contributed by atoms with Gasteiger partial charge >= 0.3 is 0 Å². The fourth-order valence-corrected chi connectivity index (χ4v) is 2.45. The van der Waals surface area contributed by atoms with Crippen LogP contribution in [0.4, 0.5) is 5.69 Å². The molecule has 10 nitrogen and oxygen atoms in total. The van der Waals surface area contributed by atoms with Gasteiger partial charge in [0.05, 0.1) is 24.0 Å². The average Bonchev–Trinajstić information content (AvgIpc) is 2.70. The summed E-state index contributed by atoms with van der Waals surface area (Å²) in [6, 6.07) is 7.21. The number of amides is 1. The normalized spacial score (nSPS) is 12.9. The number of nitro benzene ring substituents is 1. The Morgan fingerprint density at radius 1 is 1.24 bits per heavy atom. The maximum atomic E-state index is 12.1. The van der Waals surface area contributed by atoms with Crippen molar-refractivity contribution in [2.45, 2.75) is 12.1 Å². The van der Waals surface area contributed by atoms with Crippen LogP contribution < -0.4 is 15.2 Å². The summed E-state index contributed by atoms with van der Waals surface area (Å²) in [6.07, 6.45) is 0.580. The third-order valence-electron chi connectivity index (χ3n) is 3.92. The van der Waals surface area contributed by atoms with E-state index in [4.69, 9.17) is 4.74 Å². The van der Waals surface area contributed by atoms with E-state index in [0.717, 1.165) is 12.1 Å². The molecule has 1 amide bonds. The molecule has 0 aliphatic carbocycles. The first-order valence-corrected chi connectivity index (χ1v) is 8.21. The van der Waals surface area contributed by atoms with Gasteiger partial charge in [0, 0.05) is 18.2 Å². The average molecular weight is 401 g/mol. The number of ether oxygens (including phenoxy) is 1. The van der Waals surface area contributed by atoms with Gasteiger partial charge in [0.1, 0.15) is 6.10 Å². The second kappa shape index (κ2) is 9.33. The monoisotopic (exact) mass is 401 g/mol. The molecule has 0 aliphatic rings. The molecular formula is C19H17N2O8-. The predicted molar refractivity (Wildman–Crippen MR) is 98.7 cm³/mol. The van der Waals surface area contributed by atoms with Crippen LogP contribution in [0.1, 0.15) is 17.2 Å². The van der Waals surface area contributed by atoms with Crippen LogP contribution in [0.25, 0.3) is 6.08 Å². The number of nitrogens with one attached hydrogen (secondary N) is 1. The number of aliphatic hydroxyl groups excluding tert-OH is 1. The number of aromatic hydroxyl groups is 1. The quantitative estimate of drug-likeness (QED) is 0.323. The Labute approximate surface area is 164 Å². The molecular weight excluding hydrogens is 384 g/mol. The highest BCUT2D eigenvalue weighted by Crippen LogP contribution is 2.26. The van der Waals surface area contributed by atoms with Crippen LogP contribution in [0.3, 0.4) is 0 Å². The molecule has 0 radical (unpaired) electrons. The molecule has 3 N–H and O–H groups in total. The first kappa shape index (κ1) is 21.4. The highest BCUT2D eigenvalue weighted by atomic mass is 16.6. The zero-order valence-corrected chi connectivity index (χ0v) is 15.1. The Bertz CT molecular complexity index is 957. The van der Waals surface area contributed by atoms with Crippen molar-refractivity contribution in [2.24, 2.45) is 0 Å². The van der Waals surface area contributed by atoms with Crippen LogP contribution >= 0.6 is 0 Å².